The van der Waals surface area contributed by atoms with Gasteiger partial charge in [0.25, 0.3) is 5.69 Å². The number of rotatable bonds is 7. The van der Waals surface area contributed by atoms with Crippen molar-refractivity contribution in [2.45, 2.75) is 19.5 Å². The smallest absolute Gasteiger partial charge is 0.288 e. The van der Waals surface area contributed by atoms with Crippen molar-refractivity contribution < 1.29 is 4.92 Å². The third-order valence-electron chi connectivity index (χ3n) is 2.84. The van der Waals surface area contributed by atoms with Gasteiger partial charge in [-0.25, -0.2) is 0 Å². The molecule has 0 aliphatic carbocycles. The molecular formula is C13H15ClN4O2. The number of aryl methyl sites for hydroxylation is 1. The third-order valence-corrected chi connectivity index (χ3v) is 3.16. The molecule has 0 aliphatic heterocycles. The zero-order valence-corrected chi connectivity index (χ0v) is 11.6. The van der Waals surface area contributed by atoms with Crippen LogP contribution in [0.15, 0.2) is 36.7 Å². The highest BCUT2D eigenvalue weighted by molar-refractivity contribution is 6.32. The Morgan fingerprint density at radius 1 is 1.45 bits per heavy atom. The molecule has 0 fully saturated rings. The van der Waals surface area contributed by atoms with Crippen LogP contribution in [0.4, 0.5) is 5.69 Å². The standard InChI is InChI=1S/C13H15ClN4O2/c14-12-4-3-11(9-13(12)18(19)20)10-15-5-1-7-17-8-2-6-16-17/h2-4,6,8-9,15H,1,5,7,10H2. The minimum atomic E-state index is -0.469. The number of nitro benzene ring substituents is 1. The van der Waals surface area contributed by atoms with E-state index >= 15 is 0 Å². The predicted octanol–water partition coefficient (Wildman–Crippen LogP) is 2.62. The van der Waals surface area contributed by atoms with E-state index in [1.54, 1.807) is 18.3 Å². The van der Waals surface area contributed by atoms with Gasteiger partial charge in [0.2, 0.25) is 0 Å². The molecule has 1 N–H and O–H groups in total. The first-order chi connectivity index (χ1) is 9.66. The van der Waals surface area contributed by atoms with Gasteiger partial charge in [-0.3, -0.25) is 14.8 Å². The van der Waals surface area contributed by atoms with Crippen molar-refractivity contribution in [2.75, 3.05) is 6.54 Å². The number of benzene rings is 1. The molecule has 0 saturated heterocycles. The van der Waals surface area contributed by atoms with Crippen molar-refractivity contribution >= 4 is 17.3 Å². The van der Waals surface area contributed by atoms with E-state index in [0.29, 0.717) is 6.54 Å². The van der Waals surface area contributed by atoms with Crippen LogP contribution in [0, 0.1) is 10.1 Å². The normalized spacial score (nSPS) is 10.7. The number of hydrogen-bond donors (Lipinski definition) is 1. The van der Waals surface area contributed by atoms with Crippen LogP contribution in [0.3, 0.4) is 0 Å². The maximum Gasteiger partial charge on any atom is 0.288 e. The van der Waals surface area contributed by atoms with Crippen LogP contribution in [-0.4, -0.2) is 21.2 Å². The van der Waals surface area contributed by atoms with E-state index in [1.165, 1.54) is 6.07 Å². The summed E-state index contributed by atoms with van der Waals surface area (Å²) < 4.78 is 1.87. The lowest BCUT2D eigenvalue weighted by Crippen LogP contribution is -2.16. The van der Waals surface area contributed by atoms with Crippen molar-refractivity contribution in [1.29, 1.82) is 0 Å². The first-order valence-corrected chi connectivity index (χ1v) is 6.65. The van der Waals surface area contributed by atoms with Crippen LogP contribution < -0.4 is 5.32 Å². The van der Waals surface area contributed by atoms with Gasteiger partial charge in [0.05, 0.1) is 4.92 Å². The van der Waals surface area contributed by atoms with E-state index in [9.17, 15) is 10.1 Å². The summed E-state index contributed by atoms with van der Waals surface area (Å²) in [5, 5.41) is 18.3. The fourth-order valence-corrected chi connectivity index (χ4v) is 2.03. The molecule has 0 spiro atoms. The van der Waals surface area contributed by atoms with Gasteiger partial charge in [-0.2, -0.15) is 5.10 Å². The van der Waals surface area contributed by atoms with Gasteiger partial charge in [-0.15, -0.1) is 0 Å². The van der Waals surface area contributed by atoms with Gasteiger partial charge in [0, 0.05) is 31.5 Å². The molecule has 2 aromatic rings. The minimum absolute atomic E-state index is 0.0532. The summed E-state index contributed by atoms with van der Waals surface area (Å²) >= 11 is 5.76. The molecule has 1 heterocycles. The second kappa shape index (κ2) is 7.02. The summed E-state index contributed by atoms with van der Waals surface area (Å²) in [6.07, 6.45) is 4.61. The van der Waals surface area contributed by atoms with Crippen LogP contribution in [0.2, 0.25) is 5.02 Å². The molecule has 7 heteroatoms. The Bertz CT molecular complexity index is 572. The molecule has 0 atom stereocenters. The molecule has 1 aromatic carbocycles. The second-order valence-corrected chi connectivity index (χ2v) is 4.75. The number of nitrogens with one attached hydrogen (secondary N) is 1. The molecule has 0 aliphatic rings. The highest BCUT2D eigenvalue weighted by Gasteiger charge is 2.12. The lowest BCUT2D eigenvalue weighted by Gasteiger charge is -2.06. The average molecular weight is 295 g/mol. The Morgan fingerprint density at radius 2 is 2.30 bits per heavy atom. The molecule has 0 bridgehead atoms. The summed E-state index contributed by atoms with van der Waals surface area (Å²) in [5.74, 6) is 0. The molecule has 2 rings (SSSR count). The molecule has 20 heavy (non-hydrogen) atoms. The third kappa shape index (κ3) is 4.04. The van der Waals surface area contributed by atoms with Crippen molar-refractivity contribution in [3.63, 3.8) is 0 Å². The van der Waals surface area contributed by atoms with Crippen molar-refractivity contribution in [1.82, 2.24) is 15.1 Å². The SMILES string of the molecule is O=[N+]([O-])c1cc(CNCCCn2cccn2)ccc1Cl. The Morgan fingerprint density at radius 3 is 3.00 bits per heavy atom. The zero-order valence-electron chi connectivity index (χ0n) is 10.8. The minimum Gasteiger partial charge on any atom is -0.313 e. The number of nitro groups is 1. The number of nitrogens with zero attached hydrogens (tertiary/aromatic N) is 3. The highest BCUT2D eigenvalue weighted by Crippen LogP contribution is 2.24. The molecule has 0 radical (unpaired) electrons. The molecule has 6 nitrogen and oxygen atoms in total. The number of halogens is 1. The highest BCUT2D eigenvalue weighted by atomic mass is 35.5. The number of hydrogen-bond acceptors (Lipinski definition) is 4. The summed E-state index contributed by atoms with van der Waals surface area (Å²) in [4.78, 5) is 10.3. The quantitative estimate of drug-likeness (QED) is 0.484. The lowest BCUT2D eigenvalue weighted by molar-refractivity contribution is -0.384. The Labute approximate surface area is 121 Å². The Hall–Kier alpha value is -1.92. The van der Waals surface area contributed by atoms with Gasteiger partial charge < -0.3 is 5.32 Å². The van der Waals surface area contributed by atoms with Crippen LogP contribution in [0.25, 0.3) is 0 Å². The van der Waals surface area contributed by atoms with E-state index in [1.807, 2.05) is 16.9 Å². The molecule has 0 unspecified atom stereocenters. The molecule has 106 valence electrons. The number of aromatic nitrogens is 2. The fraction of sp³-hybridized carbons (Fsp3) is 0.308. The van der Waals surface area contributed by atoms with Crippen LogP contribution >= 0.6 is 11.6 Å². The summed E-state index contributed by atoms with van der Waals surface area (Å²) in [6.45, 7) is 2.24. The van der Waals surface area contributed by atoms with Crippen molar-refractivity contribution in [2.24, 2.45) is 0 Å². The molecule has 0 amide bonds. The van der Waals surface area contributed by atoms with Gasteiger partial charge >= 0.3 is 0 Å². The van der Waals surface area contributed by atoms with E-state index in [0.717, 1.165) is 25.1 Å². The first kappa shape index (κ1) is 14.5. The monoisotopic (exact) mass is 294 g/mol. The van der Waals surface area contributed by atoms with Gasteiger partial charge in [0.15, 0.2) is 0 Å². The summed E-state index contributed by atoms with van der Waals surface area (Å²) in [5.41, 5.74) is 0.794. The van der Waals surface area contributed by atoms with Gasteiger partial charge in [-0.05, 0) is 30.7 Å². The Balaban J connectivity index is 1.76. The molecule has 1 aromatic heterocycles. The fourth-order valence-electron chi connectivity index (χ4n) is 1.84. The average Bonchev–Trinajstić information content (AvgIpc) is 2.93. The van der Waals surface area contributed by atoms with Crippen LogP contribution in [0.1, 0.15) is 12.0 Å². The van der Waals surface area contributed by atoms with Crippen molar-refractivity contribution in [3.05, 3.63) is 57.4 Å². The molecular weight excluding hydrogens is 280 g/mol. The summed E-state index contributed by atoms with van der Waals surface area (Å²) in [6, 6.07) is 6.74. The lowest BCUT2D eigenvalue weighted by atomic mass is 10.2. The Kier molecular flexibility index (Phi) is 5.09. The first-order valence-electron chi connectivity index (χ1n) is 6.28. The van der Waals surface area contributed by atoms with E-state index in [-0.39, 0.29) is 10.7 Å². The summed E-state index contributed by atoms with van der Waals surface area (Å²) in [7, 11) is 0. The van der Waals surface area contributed by atoms with E-state index < -0.39 is 4.92 Å². The van der Waals surface area contributed by atoms with Crippen LogP contribution in [0.5, 0.6) is 0 Å². The van der Waals surface area contributed by atoms with Gasteiger partial charge in [0.1, 0.15) is 5.02 Å². The van der Waals surface area contributed by atoms with E-state index in [4.69, 9.17) is 11.6 Å². The van der Waals surface area contributed by atoms with Gasteiger partial charge in [-0.1, -0.05) is 17.7 Å². The predicted molar refractivity (Wildman–Crippen MR) is 76.7 cm³/mol. The maximum atomic E-state index is 10.8. The van der Waals surface area contributed by atoms with Crippen molar-refractivity contribution in [3.8, 4) is 0 Å². The topological polar surface area (TPSA) is 73.0 Å². The van der Waals surface area contributed by atoms with Crippen LogP contribution in [-0.2, 0) is 13.1 Å². The second-order valence-electron chi connectivity index (χ2n) is 4.34. The zero-order chi connectivity index (χ0) is 14.4. The maximum absolute atomic E-state index is 10.8. The van der Waals surface area contributed by atoms with E-state index in [2.05, 4.69) is 10.4 Å². The molecule has 0 saturated carbocycles. The largest absolute Gasteiger partial charge is 0.313 e.